The molecule has 3 heteroatoms. The Labute approximate surface area is 81.5 Å². The zero-order chi connectivity index (χ0) is 9.56. The molecular weight excluding hydrogens is 216 g/mol. The van der Waals surface area contributed by atoms with E-state index in [1.165, 1.54) is 6.21 Å². The molecule has 0 fully saturated rings. The average Bonchev–Trinajstić information content (AvgIpc) is 2.01. The number of hydrogen-bond donors (Lipinski definition) is 2. The van der Waals surface area contributed by atoms with Crippen molar-refractivity contribution in [1.82, 2.24) is 0 Å². The molecule has 12 heavy (non-hydrogen) atoms. The largest absolute Gasteiger partial charge is 0.309 e. The summed E-state index contributed by atoms with van der Waals surface area (Å²) in [4.78, 5) is 0. The third kappa shape index (κ3) is 4.23. The molecule has 2 nitrogen and oxygen atoms in total. The van der Waals surface area contributed by atoms with Gasteiger partial charge in [-0.25, -0.2) is 0 Å². The lowest BCUT2D eigenvalue weighted by Gasteiger charge is -2.00. The Hall–Kier alpha value is -0.700. The van der Waals surface area contributed by atoms with E-state index in [1.54, 1.807) is 6.08 Å². The molecule has 0 heterocycles. The summed E-state index contributed by atoms with van der Waals surface area (Å²) in [6.45, 7) is 3.83. The molecule has 0 rings (SSSR count). The second-order valence-corrected chi connectivity index (χ2v) is 3.60. The van der Waals surface area contributed by atoms with Gasteiger partial charge in [0.25, 0.3) is 0 Å². The van der Waals surface area contributed by atoms with E-state index in [4.69, 9.17) is 10.8 Å². The van der Waals surface area contributed by atoms with Gasteiger partial charge in [0.05, 0.1) is 0 Å². The van der Waals surface area contributed by atoms with E-state index < -0.39 is 0 Å². The quantitative estimate of drug-likeness (QED) is 0.549. The van der Waals surface area contributed by atoms with E-state index in [9.17, 15) is 0 Å². The fourth-order valence-electron chi connectivity index (χ4n) is 0.744. The van der Waals surface area contributed by atoms with Crippen molar-refractivity contribution in [3.05, 3.63) is 22.2 Å². The lowest BCUT2D eigenvalue weighted by Crippen LogP contribution is -1.97. The predicted molar refractivity (Wildman–Crippen MR) is 57.6 cm³/mol. The predicted octanol–water partition coefficient (Wildman–Crippen LogP) is 3.29. The molecule has 0 aromatic heterocycles. The van der Waals surface area contributed by atoms with E-state index in [0.29, 0.717) is 12.1 Å². The summed E-state index contributed by atoms with van der Waals surface area (Å²) in [5.74, 6) is 0. The van der Waals surface area contributed by atoms with Gasteiger partial charge in [0.15, 0.2) is 0 Å². The second kappa shape index (κ2) is 5.89. The van der Waals surface area contributed by atoms with Gasteiger partial charge in [-0.2, -0.15) is 0 Å². The highest BCUT2D eigenvalue weighted by molar-refractivity contribution is 9.11. The van der Waals surface area contributed by atoms with Gasteiger partial charge >= 0.3 is 0 Å². The van der Waals surface area contributed by atoms with Crippen LogP contribution in [0.1, 0.15) is 20.3 Å². The lowest BCUT2D eigenvalue weighted by atomic mass is 10.1. The van der Waals surface area contributed by atoms with Crippen LogP contribution in [0.25, 0.3) is 0 Å². The van der Waals surface area contributed by atoms with Gasteiger partial charge in [-0.05, 0) is 35.6 Å². The minimum absolute atomic E-state index is 0.553. The Morgan fingerprint density at radius 2 is 2.08 bits per heavy atom. The smallest absolute Gasteiger partial charge is 0.0384 e. The first-order valence-electron chi connectivity index (χ1n) is 3.74. The fourth-order valence-corrected chi connectivity index (χ4v) is 0.991. The van der Waals surface area contributed by atoms with E-state index in [0.717, 1.165) is 10.1 Å². The van der Waals surface area contributed by atoms with E-state index in [2.05, 4.69) is 15.9 Å². The molecule has 0 amide bonds. The fraction of sp³-hybridized carbons (Fsp3) is 0.333. The van der Waals surface area contributed by atoms with Gasteiger partial charge in [0, 0.05) is 11.9 Å². The molecular formula is C9H13BrN2. The molecule has 0 unspecified atom stereocenters. The molecule has 0 saturated carbocycles. The van der Waals surface area contributed by atoms with Gasteiger partial charge in [-0.3, -0.25) is 0 Å². The summed E-state index contributed by atoms with van der Waals surface area (Å²) in [7, 11) is 0. The molecule has 66 valence electrons. The van der Waals surface area contributed by atoms with E-state index in [1.807, 2.05) is 19.9 Å². The average molecular weight is 229 g/mol. The Bertz CT molecular complexity index is 235. The normalized spacial score (nSPS) is 12.9. The summed E-state index contributed by atoms with van der Waals surface area (Å²) in [5.41, 5.74) is 1.35. The van der Waals surface area contributed by atoms with E-state index >= 15 is 0 Å². The molecule has 0 spiro atoms. The van der Waals surface area contributed by atoms with Crippen molar-refractivity contribution in [3.8, 4) is 0 Å². The SMILES string of the molecule is CCC(=N)C(=C\C=N)/C=C(\C)Br. The van der Waals surface area contributed by atoms with Crippen LogP contribution >= 0.6 is 15.9 Å². The molecule has 0 aliphatic heterocycles. The summed E-state index contributed by atoms with van der Waals surface area (Å²) < 4.78 is 0.966. The Morgan fingerprint density at radius 1 is 1.50 bits per heavy atom. The van der Waals surface area contributed by atoms with Crippen LogP contribution < -0.4 is 0 Å². The van der Waals surface area contributed by atoms with Crippen LogP contribution in [0.5, 0.6) is 0 Å². The molecule has 0 atom stereocenters. The number of rotatable bonds is 4. The second-order valence-electron chi connectivity index (χ2n) is 2.35. The highest BCUT2D eigenvalue weighted by Crippen LogP contribution is 2.10. The molecule has 0 aliphatic carbocycles. The first kappa shape index (κ1) is 11.3. The summed E-state index contributed by atoms with van der Waals surface area (Å²) >= 11 is 3.29. The zero-order valence-electron chi connectivity index (χ0n) is 7.32. The Balaban J connectivity index is 4.68. The summed E-state index contributed by atoms with van der Waals surface area (Å²) in [5, 5.41) is 14.5. The van der Waals surface area contributed by atoms with Crippen LogP contribution in [-0.2, 0) is 0 Å². The van der Waals surface area contributed by atoms with Crippen LogP contribution in [0.15, 0.2) is 22.2 Å². The van der Waals surface area contributed by atoms with Crippen molar-refractivity contribution in [1.29, 1.82) is 10.8 Å². The van der Waals surface area contributed by atoms with Crippen molar-refractivity contribution in [2.75, 3.05) is 0 Å². The van der Waals surface area contributed by atoms with Crippen LogP contribution in [0.4, 0.5) is 0 Å². The van der Waals surface area contributed by atoms with Gasteiger partial charge in [-0.15, -0.1) is 0 Å². The van der Waals surface area contributed by atoms with Gasteiger partial charge in [-0.1, -0.05) is 22.9 Å². The molecule has 2 N–H and O–H groups in total. The minimum atomic E-state index is 0.553. The van der Waals surface area contributed by atoms with Crippen molar-refractivity contribution < 1.29 is 0 Å². The summed E-state index contributed by atoms with van der Waals surface area (Å²) in [6, 6.07) is 0. The van der Waals surface area contributed by atoms with Crippen LogP contribution in [0.3, 0.4) is 0 Å². The summed E-state index contributed by atoms with van der Waals surface area (Å²) in [6.07, 6.45) is 5.36. The third-order valence-electron chi connectivity index (χ3n) is 1.32. The van der Waals surface area contributed by atoms with Crippen LogP contribution in [0, 0.1) is 10.8 Å². The first-order chi connectivity index (χ1) is 5.61. The topological polar surface area (TPSA) is 47.7 Å². The van der Waals surface area contributed by atoms with Crippen LogP contribution in [-0.4, -0.2) is 11.9 Å². The first-order valence-corrected chi connectivity index (χ1v) is 4.53. The van der Waals surface area contributed by atoms with Crippen molar-refractivity contribution in [2.45, 2.75) is 20.3 Å². The van der Waals surface area contributed by atoms with Gasteiger partial charge < -0.3 is 10.8 Å². The lowest BCUT2D eigenvalue weighted by molar-refractivity contribution is 1.24. The minimum Gasteiger partial charge on any atom is -0.309 e. The highest BCUT2D eigenvalue weighted by Gasteiger charge is 1.98. The Kier molecular flexibility index (Phi) is 5.54. The zero-order valence-corrected chi connectivity index (χ0v) is 8.90. The maximum absolute atomic E-state index is 7.55. The number of halogens is 1. The number of nitrogens with one attached hydrogen (secondary N) is 2. The highest BCUT2D eigenvalue weighted by atomic mass is 79.9. The number of hydrogen-bond acceptors (Lipinski definition) is 2. The third-order valence-corrected chi connectivity index (χ3v) is 1.55. The molecule has 0 aromatic carbocycles. The van der Waals surface area contributed by atoms with Crippen molar-refractivity contribution in [2.24, 2.45) is 0 Å². The molecule has 0 radical (unpaired) electrons. The Morgan fingerprint density at radius 3 is 2.42 bits per heavy atom. The molecule has 0 saturated heterocycles. The van der Waals surface area contributed by atoms with Crippen molar-refractivity contribution in [3.63, 3.8) is 0 Å². The van der Waals surface area contributed by atoms with Crippen LogP contribution in [0.2, 0.25) is 0 Å². The molecule has 0 bridgehead atoms. The maximum atomic E-state index is 7.55. The molecule has 0 aliphatic rings. The standard InChI is InChI=1S/C9H13BrN2/c1-3-9(12)8(4-5-11)6-7(2)10/h4-6,11-12H,3H2,1-2H3/b7-6+,8-4-,11-5?,12-9?. The number of allylic oxidation sites excluding steroid dienone is 4. The van der Waals surface area contributed by atoms with E-state index in [-0.39, 0.29) is 0 Å². The monoisotopic (exact) mass is 228 g/mol. The maximum Gasteiger partial charge on any atom is 0.0384 e. The van der Waals surface area contributed by atoms with Gasteiger partial charge in [0.1, 0.15) is 0 Å². The molecule has 0 aromatic rings. The van der Waals surface area contributed by atoms with Crippen molar-refractivity contribution >= 4 is 27.9 Å². The van der Waals surface area contributed by atoms with Gasteiger partial charge in [0.2, 0.25) is 0 Å².